The van der Waals surface area contributed by atoms with Crippen molar-refractivity contribution in [2.45, 2.75) is 135 Å². The van der Waals surface area contributed by atoms with E-state index in [-0.39, 0.29) is 39.9 Å². The third-order valence-corrected chi connectivity index (χ3v) is 10.0. The van der Waals surface area contributed by atoms with E-state index >= 15 is 0 Å². The first-order valence-corrected chi connectivity index (χ1v) is 14.6. The largest absolute Gasteiger partial charge is 0.458 e. The van der Waals surface area contributed by atoms with E-state index in [1.807, 2.05) is 6.07 Å². The van der Waals surface area contributed by atoms with Gasteiger partial charge in [0.25, 0.3) is 0 Å². The summed E-state index contributed by atoms with van der Waals surface area (Å²) in [4.78, 5) is 32.1. The number of ether oxygens (including phenoxy) is 2. The Bertz CT molecular complexity index is 1070. The standard InChI is InChI=1S/C33H50N2O4/c1-12-24-25-14-13-21(15-26(24)25)16-27(28(36)38-22-17-30(2,3)34(10)31(4,5)18-22)29(37)39-23-19-32(6,7)35(11)33(8,9)20-23/h13-16,22-24H,12,17-20H2,1-11H3. The van der Waals surface area contributed by atoms with Crippen molar-refractivity contribution in [3.8, 4) is 0 Å². The predicted octanol–water partition coefficient (Wildman–Crippen LogP) is 6.31. The third-order valence-electron chi connectivity index (χ3n) is 10.0. The van der Waals surface area contributed by atoms with Crippen molar-refractivity contribution in [2.24, 2.45) is 0 Å². The van der Waals surface area contributed by atoms with Gasteiger partial charge < -0.3 is 9.47 Å². The van der Waals surface area contributed by atoms with Crippen molar-refractivity contribution in [3.05, 3.63) is 40.5 Å². The van der Waals surface area contributed by atoms with Crippen molar-refractivity contribution in [1.29, 1.82) is 0 Å². The SMILES string of the molecule is CCC1c2ccc(C=C(C(=O)OC3CC(C)(C)N(C)C(C)(C)C3)C(=O)OC3CC(C)(C)N(C)C(C)(C)C3)cc21. The van der Waals surface area contributed by atoms with E-state index < -0.39 is 11.9 Å². The second-order valence-corrected chi connectivity index (χ2v) is 14.6. The number of carbonyl (C=O) groups excluding carboxylic acids is 2. The van der Waals surface area contributed by atoms with Gasteiger partial charge in [-0.05, 0) is 98.7 Å². The van der Waals surface area contributed by atoms with Crippen molar-refractivity contribution in [3.63, 3.8) is 0 Å². The fraction of sp³-hybridized carbons (Fsp3) is 0.697. The molecule has 0 aromatic heterocycles. The Hall–Kier alpha value is -2.18. The Kier molecular flexibility index (Phi) is 7.66. The molecule has 216 valence electrons. The van der Waals surface area contributed by atoms with E-state index in [9.17, 15) is 9.59 Å². The van der Waals surface area contributed by atoms with Gasteiger partial charge in [0.15, 0.2) is 0 Å². The zero-order valence-corrected chi connectivity index (χ0v) is 26.1. The van der Waals surface area contributed by atoms with Gasteiger partial charge in [-0.15, -0.1) is 0 Å². The number of hydrogen-bond acceptors (Lipinski definition) is 6. The molecule has 2 fully saturated rings. The Labute approximate surface area is 236 Å². The maximum atomic E-state index is 13.7. The van der Waals surface area contributed by atoms with Gasteiger partial charge in [-0.1, -0.05) is 25.1 Å². The highest BCUT2D eigenvalue weighted by Crippen LogP contribution is 2.46. The minimum absolute atomic E-state index is 0.0206. The quantitative estimate of drug-likeness (QED) is 0.183. The number of fused-ring (bicyclic) bond motifs is 1. The average molecular weight is 539 g/mol. The van der Waals surface area contributed by atoms with Crippen LogP contribution in [0.3, 0.4) is 0 Å². The minimum atomic E-state index is -0.593. The fourth-order valence-electron chi connectivity index (χ4n) is 7.17. The maximum Gasteiger partial charge on any atom is 0.345 e. The molecule has 39 heavy (non-hydrogen) atoms. The van der Waals surface area contributed by atoms with Crippen LogP contribution in [-0.4, -0.2) is 70.2 Å². The summed E-state index contributed by atoms with van der Waals surface area (Å²) in [6.45, 7) is 19.6. The van der Waals surface area contributed by atoms with E-state index in [0.29, 0.717) is 31.6 Å². The molecule has 0 spiro atoms. The van der Waals surface area contributed by atoms with Crippen molar-refractivity contribution in [2.75, 3.05) is 14.1 Å². The highest BCUT2D eigenvalue weighted by Gasteiger charge is 2.46. The Morgan fingerprint density at radius 2 is 1.18 bits per heavy atom. The minimum Gasteiger partial charge on any atom is -0.458 e. The summed E-state index contributed by atoms with van der Waals surface area (Å²) in [7, 11) is 4.25. The van der Waals surface area contributed by atoms with Crippen LogP contribution in [0.2, 0.25) is 0 Å². The summed E-state index contributed by atoms with van der Waals surface area (Å²) >= 11 is 0. The summed E-state index contributed by atoms with van der Waals surface area (Å²) < 4.78 is 12.2. The number of likely N-dealkylation sites (tertiary alicyclic amines) is 2. The molecule has 2 aliphatic heterocycles. The first kappa shape index (κ1) is 29.8. The number of hydrogen-bond donors (Lipinski definition) is 0. The maximum absolute atomic E-state index is 13.7. The van der Waals surface area contributed by atoms with E-state index in [1.54, 1.807) is 6.08 Å². The van der Waals surface area contributed by atoms with Crippen LogP contribution in [-0.2, 0) is 19.1 Å². The molecule has 3 aliphatic rings. The van der Waals surface area contributed by atoms with Gasteiger partial charge in [0.2, 0.25) is 0 Å². The zero-order valence-electron chi connectivity index (χ0n) is 26.1. The monoisotopic (exact) mass is 538 g/mol. The second kappa shape index (κ2) is 10.0. The first-order valence-electron chi connectivity index (χ1n) is 14.6. The Morgan fingerprint density at radius 3 is 1.56 bits per heavy atom. The van der Waals surface area contributed by atoms with Gasteiger partial charge in [0.1, 0.15) is 17.8 Å². The number of benzene rings is 1. The lowest BCUT2D eigenvalue weighted by Crippen LogP contribution is -2.60. The zero-order chi connectivity index (χ0) is 29.1. The smallest absolute Gasteiger partial charge is 0.345 e. The van der Waals surface area contributed by atoms with Crippen LogP contribution in [0.25, 0.3) is 6.08 Å². The molecule has 1 aromatic rings. The fourth-order valence-corrected chi connectivity index (χ4v) is 7.17. The van der Waals surface area contributed by atoms with E-state index in [2.05, 4.69) is 98.3 Å². The Balaban J connectivity index is 1.59. The molecule has 4 rings (SSSR count). The van der Waals surface area contributed by atoms with Crippen LogP contribution in [0, 0.1) is 0 Å². The molecule has 0 saturated carbocycles. The van der Waals surface area contributed by atoms with Crippen LogP contribution < -0.4 is 0 Å². The van der Waals surface area contributed by atoms with E-state index in [1.165, 1.54) is 11.1 Å². The molecule has 6 heteroatoms. The van der Waals surface area contributed by atoms with E-state index in [0.717, 1.165) is 12.0 Å². The van der Waals surface area contributed by atoms with Crippen molar-refractivity contribution >= 4 is 18.0 Å². The number of esters is 2. The molecule has 2 heterocycles. The lowest BCUT2D eigenvalue weighted by atomic mass is 9.78. The van der Waals surface area contributed by atoms with Crippen LogP contribution in [0.5, 0.6) is 0 Å². The van der Waals surface area contributed by atoms with Gasteiger partial charge in [-0.25, -0.2) is 9.59 Å². The molecule has 1 unspecified atom stereocenters. The number of rotatable bonds is 6. The lowest BCUT2D eigenvalue weighted by molar-refractivity contribution is -0.162. The molecule has 1 aliphatic carbocycles. The number of nitrogens with zero attached hydrogens (tertiary/aromatic N) is 2. The van der Waals surface area contributed by atoms with Crippen LogP contribution in [0.4, 0.5) is 0 Å². The highest BCUT2D eigenvalue weighted by molar-refractivity contribution is 6.17. The first-order chi connectivity index (χ1) is 17.9. The number of carbonyl (C=O) groups is 2. The highest BCUT2D eigenvalue weighted by atomic mass is 16.6. The normalized spacial score (nSPS) is 25.9. The molecule has 0 N–H and O–H groups in total. The van der Waals surface area contributed by atoms with Gasteiger partial charge >= 0.3 is 11.9 Å². The summed E-state index contributed by atoms with van der Waals surface area (Å²) in [5.74, 6) is -0.698. The van der Waals surface area contributed by atoms with Crippen molar-refractivity contribution in [1.82, 2.24) is 9.80 Å². The number of piperidine rings is 2. The molecular weight excluding hydrogens is 488 g/mol. The van der Waals surface area contributed by atoms with Crippen LogP contribution in [0.15, 0.2) is 23.8 Å². The second-order valence-electron chi connectivity index (χ2n) is 14.6. The molecule has 1 atom stereocenters. The lowest BCUT2D eigenvalue weighted by Gasteiger charge is -2.53. The van der Waals surface area contributed by atoms with Gasteiger partial charge in [0.05, 0.1) is 0 Å². The molecule has 1 aromatic carbocycles. The molecular formula is C33H50N2O4. The molecule has 0 bridgehead atoms. The molecule has 2 saturated heterocycles. The summed E-state index contributed by atoms with van der Waals surface area (Å²) in [5.41, 5.74) is 2.91. The van der Waals surface area contributed by atoms with Crippen molar-refractivity contribution < 1.29 is 19.1 Å². The van der Waals surface area contributed by atoms with E-state index in [4.69, 9.17) is 9.47 Å². The summed E-state index contributed by atoms with van der Waals surface area (Å²) in [6.07, 6.45) is 4.98. The summed E-state index contributed by atoms with van der Waals surface area (Å²) in [6, 6.07) is 6.18. The van der Waals surface area contributed by atoms with Gasteiger partial charge in [-0.2, -0.15) is 0 Å². The predicted molar refractivity (Wildman–Crippen MR) is 157 cm³/mol. The topological polar surface area (TPSA) is 59.1 Å². The van der Waals surface area contributed by atoms with Crippen LogP contribution in [0.1, 0.15) is 117 Å². The van der Waals surface area contributed by atoms with Gasteiger partial charge in [-0.3, -0.25) is 9.80 Å². The van der Waals surface area contributed by atoms with Gasteiger partial charge in [0, 0.05) is 53.8 Å². The molecule has 6 nitrogen and oxygen atoms in total. The summed E-state index contributed by atoms with van der Waals surface area (Å²) in [5, 5.41) is 0. The Morgan fingerprint density at radius 1 is 0.769 bits per heavy atom. The molecule has 0 radical (unpaired) electrons. The third kappa shape index (κ3) is 5.97. The van der Waals surface area contributed by atoms with Crippen LogP contribution >= 0.6 is 0 Å². The molecule has 0 amide bonds. The average Bonchev–Trinajstić information content (AvgIpc) is 3.50.